The molecule has 0 bridgehead atoms. The van der Waals surface area contributed by atoms with E-state index in [0.717, 1.165) is 17.7 Å². The molecule has 142 valence electrons. The average Bonchev–Trinajstić information content (AvgIpc) is 2.73. The van der Waals surface area contributed by atoms with Gasteiger partial charge in [0.15, 0.2) is 5.78 Å². The Balaban J connectivity index is 1.58. The van der Waals surface area contributed by atoms with Gasteiger partial charge < -0.3 is 10.2 Å². The Hall–Kier alpha value is -3.61. The van der Waals surface area contributed by atoms with Crippen molar-refractivity contribution >= 4 is 23.3 Å². The first-order chi connectivity index (χ1) is 13.5. The minimum Gasteiger partial charge on any atom is -0.341 e. The molecular weight excluding hydrogens is 354 g/mol. The van der Waals surface area contributed by atoms with Gasteiger partial charge in [0, 0.05) is 49.6 Å². The van der Waals surface area contributed by atoms with Crippen molar-refractivity contribution in [2.45, 2.75) is 13.3 Å². The highest BCUT2D eigenvalue weighted by molar-refractivity contribution is 5.94. The van der Waals surface area contributed by atoms with Crippen LogP contribution in [-0.2, 0) is 6.42 Å². The number of nitrogens with one attached hydrogen (secondary N) is 1. The number of nitrogens with zero attached hydrogens (tertiary/aromatic N) is 4. The van der Waals surface area contributed by atoms with E-state index >= 15 is 0 Å². The molecule has 0 atom stereocenters. The van der Waals surface area contributed by atoms with E-state index in [1.807, 2.05) is 12.1 Å². The molecule has 7 nitrogen and oxygen atoms in total. The van der Waals surface area contributed by atoms with Crippen molar-refractivity contribution in [1.29, 1.82) is 0 Å². The molecule has 0 saturated heterocycles. The van der Waals surface area contributed by atoms with Crippen molar-refractivity contribution in [2.75, 3.05) is 18.9 Å². The summed E-state index contributed by atoms with van der Waals surface area (Å²) in [4.78, 5) is 37.9. The second-order valence-electron chi connectivity index (χ2n) is 6.39. The summed E-state index contributed by atoms with van der Waals surface area (Å²) in [5.41, 5.74) is 2.96. The van der Waals surface area contributed by atoms with Gasteiger partial charge in [-0.05, 0) is 55.3 Å². The molecule has 1 aromatic carbocycles. The third-order valence-corrected chi connectivity index (χ3v) is 4.28. The molecule has 3 rings (SSSR count). The number of likely N-dealkylation sites (N-methyl/N-ethyl adjacent to an activating group) is 1. The molecule has 2 aromatic heterocycles. The SMILES string of the molecule is CC(=O)c1ccc(Nc2ncc(C(=O)N(C)CCc3ccncc3)cn2)cc1. The second kappa shape index (κ2) is 8.85. The van der Waals surface area contributed by atoms with E-state index in [4.69, 9.17) is 0 Å². The zero-order valence-electron chi connectivity index (χ0n) is 15.8. The van der Waals surface area contributed by atoms with Crippen LogP contribution in [0.3, 0.4) is 0 Å². The Morgan fingerprint density at radius 2 is 1.61 bits per heavy atom. The zero-order valence-corrected chi connectivity index (χ0v) is 15.8. The molecule has 0 unspecified atom stereocenters. The molecule has 3 aromatic rings. The van der Waals surface area contributed by atoms with Gasteiger partial charge in [0.05, 0.1) is 5.56 Å². The lowest BCUT2D eigenvalue weighted by atomic mass is 10.1. The van der Waals surface area contributed by atoms with Gasteiger partial charge in [-0.15, -0.1) is 0 Å². The summed E-state index contributed by atoms with van der Waals surface area (Å²) in [5, 5.41) is 3.05. The summed E-state index contributed by atoms with van der Waals surface area (Å²) in [7, 11) is 1.76. The maximum atomic E-state index is 12.5. The fraction of sp³-hybridized carbons (Fsp3) is 0.190. The van der Waals surface area contributed by atoms with Crippen LogP contribution in [0.25, 0.3) is 0 Å². The van der Waals surface area contributed by atoms with Gasteiger partial charge in [-0.1, -0.05) is 0 Å². The van der Waals surface area contributed by atoms with Gasteiger partial charge in [-0.2, -0.15) is 0 Å². The number of benzene rings is 1. The van der Waals surface area contributed by atoms with Crippen molar-refractivity contribution in [3.05, 3.63) is 77.9 Å². The Morgan fingerprint density at radius 1 is 0.964 bits per heavy atom. The smallest absolute Gasteiger partial charge is 0.256 e. The lowest BCUT2D eigenvalue weighted by Crippen LogP contribution is -2.29. The van der Waals surface area contributed by atoms with Gasteiger partial charge in [0.25, 0.3) is 5.91 Å². The largest absolute Gasteiger partial charge is 0.341 e. The average molecular weight is 375 g/mol. The molecule has 0 radical (unpaired) electrons. The van der Waals surface area contributed by atoms with Gasteiger partial charge in [-0.3, -0.25) is 14.6 Å². The number of hydrogen-bond donors (Lipinski definition) is 1. The van der Waals surface area contributed by atoms with Crippen LogP contribution < -0.4 is 5.32 Å². The Bertz CT molecular complexity index is 941. The molecule has 0 saturated carbocycles. The number of pyridine rings is 1. The Kier molecular flexibility index (Phi) is 6.06. The van der Waals surface area contributed by atoms with Crippen LogP contribution in [0, 0.1) is 0 Å². The van der Waals surface area contributed by atoms with Crippen LogP contribution in [0.1, 0.15) is 33.2 Å². The molecule has 2 heterocycles. The number of ketones is 1. The standard InChI is InChI=1S/C21H21N5O2/c1-15(27)17-3-5-19(6-4-17)25-21-23-13-18(14-24-21)20(28)26(2)12-9-16-7-10-22-11-8-16/h3-8,10-11,13-14H,9,12H2,1-2H3,(H,23,24,25). The van der Waals surface area contributed by atoms with E-state index in [9.17, 15) is 9.59 Å². The van der Waals surface area contributed by atoms with E-state index in [-0.39, 0.29) is 11.7 Å². The summed E-state index contributed by atoms with van der Waals surface area (Å²) < 4.78 is 0. The van der Waals surface area contributed by atoms with Gasteiger partial charge >= 0.3 is 0 Å². The number of rotatable bonds is 7. The lowest BCUT2D eigenvalue weighted by molar-refractivity contribution is 0.0795. The van der Waals surface area contributed by atoms with Crippen LogP contribution >= 0.6 is 0 Å². The van der Waals surface area contributed by atoms with E-state index in [1.165, 1.54) is 19.3 Å². The fourth-order valence-corrected chi connectivity index (χ4v) is 2.59. The van der Waals surface area contributed by atoms with Crippen molar-refractivity contribution in [1.82, 2.24) is 19.9 Å². The molecule has 1 N–H and O–H groups in total. The molecule has 7 heteroatoms. The Labute approximate surface area is 163 Å². The van der Waals surface area contributed by atoms with E-state index in [0.29, 0.717) is 23.6 Å². The molecule has 0 spiro atoms. The molecule has 28 heavy (non-hydrogen) atoms. The van der Waals surface area contributed by atoms with Crippen molar-refractivity contribution in [2.24, 2.45) is 0 Å². The summed E-state index contributed by atoms with van der Waals surface area (Å²) >= 11 is 0. The van der Waals surface area contributed by atoms with Crippen LogP contribution in [-0.4, -0.2) is 45.1 Å². The first-order valence-electron chi connectivity index (χ1n) is 8.87. The van der Waals surface area contributed by atoms with Crippen LogP contribution in [0.4, 0.5) is 11.6 Å². The van der Waals surface area contributed by atoms with E-state index in [2.05, 4.69) is 20.3 Å². The molecule has 0 aliphatic carbocycles. The topological polar surface area (TPSA) is 88.1 Å². The lowest BCUT2D eigenvalue weighted by Gasteiger charge is -2.17. The summed E-state index contributed by atoms with van der Waals surface area (Å²) in [6.07, 6.45) is 7.24. The number of anilines is 2. The third kappa shape index (κ3) is 4.97. The Morgan fingerprint density at radius 3 is 2.21 bits per heavy atom. The minimum atomic E-state index is -0.133. The van der Waals surface area contributed by atoms with Crippen molar-refractivity contribution in [3.63, 3.8) is 0 Å². The number of carbonyl (C=O) groups is 2. The third-order valence-electron chi connectivity index (χ3n) is 4.28. The predicted molar refractivity (Wildman–Crippen MR) is 107 cm³/mol. The predicted octanol–water partition coefficient (Wildman–Crippen LogP) is 3.13. The second-order valence-corrected chi connectivity index (χ2v) is 6.39. The zero-order chi connectivity index (χ0) is 19.9. The normalized spacial score (nSPS) is 10.4. The highest BCUT2D eigenvalue weighted by Gasteiger charge is 2.13. The van der Waals surface area contributed by atoms with Gasteiger partial charge in [0.2, 0.25) is 5.95 Å². The summed E-state index contributed by atoms with van der Waals surface area (Å²) in [5.74, 6) is 0.261. The van der Waals surface area contributed by atoms with Crippen molar-refractivity contribution < 1.29 is 9.59 Å². The molecule has 0 aliphatic rings. The minimum absolute atomic E-state index is 0.0127. The highest BCUT2D eigenvalue weighted by Crippen LogP contribution is 2.14. The number of aromatic nitrogens is 3. The molecular formula is C21H21N5O2. The van der Waals surface area contributed by atoms with Crippen molar-refractivity contribution in [3.8, 4) is 0 Å². The summed E-state index contributed by atoms with van der Waals surface area (Å²) in [6, 6.07) is 10.9. The van der Waals surface area contributed by atoms with Crippen LogP contribution in [0.5, 0.6) is 0 Å². The maximum absolute atomic E-state index is 12.5. The number of Topliss-reactive ketones (excluding diaryl/α,β-unsaturated/α-hetero) is 1. The molecule has 1 amide bonds. The first-order valence-corrected chi connectivity index (χ1v) is 8.87. The van der Waals surface area contributed by atoms with E-state index < -0.39 is 0 Å². The first kappa shape index (κ1) is 19.2. The highest BCUT2D eigenvalue weighted by atomic mass is 16.2. The van der Waals surface area contributed by atoms with Crippen LogP contribution in [0.2, 0.25) is 0 Å². The quantitative estimate of drug-likeness (QED) is 0.638. The monoisotopic (exact) mass is 375 g/mol. The maximum Gasteiger partial charge on any atom is 0.256 e. The number of hydrogen-bond acceptors (Lipinski definition) is 6. The molecule has 0 aliphatic heterocycles. The fourth-order valence-electron chi connectivity index (χ4n) is 2.59. The van der Waals surface area contributed by atoms with Gasteiger partial charge in [0.1, 0.15) is 0 Å². The molecule has 0 fully saturated rings. The summed E-state index contributed by atoms with van der Waals surface area (Å²) in [6.45, 7) is 2.11. The number of amides is 1. The number of carbonyl (C=O) groups excluding carboxylic acids is 2. The van der Waals surface area contributed by atoms with E-state index in [1.54, 1.807) is 48.6 Å². The van der Waals surface area contributed by atoms with Gasteiger partial charge in [-0.25, -0.2) is 9.97 Å². The van der Waals surface area contributed by atoms with Crippen LogP contribution in [0.15, 0.2) is 61.2 Å².